The average molecular weight is 1820 g/mol. The van der Waals surface area contributed by atoms with E-state index in [0.29, 0.717) is 5.56 Å². The second-order valence-corrected chi connectivity index (χ2v) is 32.5. The first-order chi connectivity index (χ1) is 60.3. The SMILES string of the molecule is CNC(CC(C)C)C(=O)NC1C(=O)NC(CC(N)=O)C(=O)NC2C(=O)NC3C(=O)NC(C(=O)N[C@@H](C(=O)NNCCC#N)c4cc(O)cc(O)c4-c4cc3ccc4O)C(O)c3ccc(c(Cl)c3)Oc3cc2cc(c3OC2OC(CO)C(O)C(O)C2OC2C[C@@](C)(NCCn3ccc(NC(=O)Cc4ccc(Cl)c(F)c4)nc3=O)C(O)C(C)O2)Oc2ccc(cc2Cl)C1O. The molecule has 22 N–H and O–H groups in total. The van der Waals surface area contributed by atoms with Gasteiger partial charge in [-0.1, -0.05) is 72.9 Å². The van der Waals surface area contributed by atoms with Crippen molar-refractivity contribution in [2.24, 2.45) is 11.7 Å². The van der Waals surface area contributed by atoms with Gasteiger partial charge in [0.15, 0.2) is 23.9 Å². The van der Waals surface area contributed by atoms with Crippen molar-refractivity contribution in [3.8, 4) is 63.2 Å². The number of hydrogen-bond acceptors (Lipinski definition) is 30. The van der Waals surface area contributed by atoms with Crippen LogP contribution in [0, 0.1) is 23.1 Å². The molecule has 0 aliphatic carbocycles. The highest BCUT2D eigenvalue weighted by Crippen LogP contribution is 2.50. The molecule has 0 spiro atoms. The molecule has 1 aromatic heterocycles. The van der Waals surface area contributed by atoms with Crippen LogP contribution in [0.1, 0.15) is 117 Å². The first-order valence-corrected chi connectivity index (χ1v) is 40.9. The molecule has 40 nitrogen and oxygen atoms in total. The third-order valence-electron chi connectivity index (χ3n) is 21.7. The van der Waals surface area contributed by atoms with Gasteiger partial charge in [0.2, 0.25) is 59.3 Å². The Morgan fingerprint density at radius 3 is 2.04 bits per heavy atom. The second-order valence-electron chi connectivity index (χ2n) is 31.3. The summed E-state index contributed by atoms with van der Waals surface area (Å²) in [6.07, 6.45) is -18.8. The number of halogens is 4. The van der Waals surface area contributed by atoms with Gasteiger partial charge in [0.05, 0.1) is 58.8 Å². The summed E-state index contributed by atoms with van der Waals surface area (Å²) in [5.41, 5.74) is 5.92. The quantitative estimate of drug-likeness (QED) is 0.0318. The fourth-order valence-electron chi connectivity index (χ4n) is 15.1. The molecule has 11 bridgehead atoms. The Morgan fingerprint density at radius 1 is 0.740 bits per heavy atom. The number of anilines is 1. The van der Waals surface area contributed by atoms with Crippen LogP contribution in [0.3, 0.4) is 0 Å². The fourth-order valence-corrected chi connectivity index (χ4v) is 15.7. The minimum Gasteiger partial charge on any atom is -0.508 e. The summed E-state index contributed by atoms with van der Waals surface area (Å²) >= 11 is 20.2. The molecule has 9 amide bonds. The molecule has 7 aromatic rings. The maximum atomic E-state index is 16.3. The third-order valence-corrected chi connectivity index (χ3v) is 22.6. The molecule has 0 radical (unpaired) electrons. The highest BCUT2D eigenvalue weighted by Gasteiger charge is 2.52. The predicted octanol–water partition coefficient (Wildman–Crippen LogP) is 1.42. The van der Waals surface area contributed by atoms with Gasteiger partial charge in [-0.25, -0.2) is 14.6 Å². The van der Waals surface area contributed by atoms with E-state index in [-0.39, 0.29) is 78.8 Å². The summed E-state index contributed by atoms with van der Waals surface area (Å²) in [6, 6.07) is 6.35. The Labute approximate surface area is 736 Å². The number of aromatic nitrogens is 2. The molecule has 127 heavy (non-hydrogen) atoms. The van der Waals surface area contributed by atoms with E-state index in [4.69, 9.17) is 69.0 Å². The first-order valence-electron chi connectivity index (χ1n) is 39.7. The van der Waals surface area contributed by atoms with Crippen molar-refractivity contribution in [2.45, 2.75) is 176 Å². The maximum absolute atomic E-state index is 16.3. The van der Waals surface area contributed by atoms with Gasteiger partial charge in [0, 0.05) is 61.4 Å². The van der Waals surface area contributed by atoms with Crippen LogP contribution in [0.4, 0.5) is 10.2 Å². The predicted molar refractivity (Wildman–Crippen MR) is 444 cm³/mol. The van der Waals surface area contributed by atoms with Crippen molar-refractivity contribution in [1.82, 2.24) is 62.9 Å². The summed E-state index contributed by atoms with van der Waals surface area (Å²) in [7, 11) is 1.46. The number of primary amides is 1. The molecule has 7 aliphatic heterocycles. The number of phenolic OH excluding ortho intramolecular Hbond substituents is 3. The third kappa shape index (κ3) is 21.7. The van der Waals surface area contributed by atoms with Crippen molar-refractivity contribution >= 4 is 93.8 Å². The van der Waals surface area contributed by atoms with Crippen LogP contribution in [0.2, 0.25) is 15.1 Å². The van der Waals surface area contributed by atoms with E-state index in [1.54, 1.807) is 20.8 Å². The zero-order chi connectivity index (χ0) is 91.9. The normalized spacial score (nSPS) is 25.6. The Morgan fingerprint density at radius 2 is 1.40 bits per heavy atom. The lowest BCUT2D eigenvalue weighted by Crippen LogP contribution is -2.65. The van der Waals surface area contributed by atoms with Crippen molar-refractivity contribution in [2.75, 3.05) is 32.1 Å². The Hall–Kier alpha value is -12.0. The number of nitrogens with zero attached hydrogens (tertiary/aromatic N) is 3. The van der Waals surface area contributed by atoms with E-state index < -0.39 is 265 Å². The van der Waals surface area contributed by atoms with Crippen LogP contribution in [-0.4, -0.2) is 214 Å². The average Bonchev–Trinajstić information content (AvgIpc) is 0.766. The number of hydrogen-bond donors (Lipinski definition) is 21. The van der Waals surface area contributed by atoms with Gasteiger partial charge < -0.3 is 128 Å². The largest absolute Gasteiger partial charge is 0.508 e. The number of aliphatic hydroxyl groups is 6. The van der Waals surface area contributed by atoms with E-state index in [0.717, 1.165) is 72.8 Å². The van der Waals surface area contributed by atoms with Crippen molar-refractivity contribution in [3.05, 3.63) is 174 Å². The molecule has 2 saturated heterocycles. The van der Waals surface area contributed by atoms with E-state index in [2.05, 4.69) is 63.7 Å². The van der Waals surface area contributed by atoms with Crippen molar-refractivity contribution < 1.29 is 122 Å². The van der Waals surface area contributed by atoms with Crippen molar-refractivity contribution in [1.29, 1.82) is 5.26 Å². The van der Waals surface area contributed by atoms with Gasteiger partial charge in [-0.05, 0) is 139 Å². The number of nitrogens with one attached hydrogen (secondary N) is 11. The number of aliphatic hydroxyl groups excluding tert-OH is 6. The summed E-state index contributed by atoms with van der Waals surface area (Å²) in [4.78, 5) is 150. The molecule has 7 aliphatic rings. The molecule has 0 saturated carbocycles. The van der Waals surface area contributed by atoms with Gasteiger partial charge in [-0.15, -0.1) is 0 Å². The fraction of sp³-hybridized carbons (Fsp3) is 0.398. The monoisotopic (exact) mass is 1820 g/mol. The lowest BCUT2D eigenvalue weighted by molar-refractivity contribution is -0.334. The van der Waals surface area contributed by atoms with E-state index in [1.165, 1.54) is 55.1 Å². The number of hydrazine groups is 1. The minimum atomic E-state index is -2.41. The molecule has 16 unspecified atom stereocenters. The van der Waals surface area contributed by atoms with Gasteiger partial charge >= 0.3 is 5.69 Å². The number of rotatable bonds is 23. The molecular formula is C83H91Cl3FN15O25. The summed E-state index contributed by atoms with van der Waals surface area (Å²) < 4.78 is 54.7. The number of ether oxygens (including phenoxy) is 6. The minimum absolute atomic E-state index is 0.0672. The second kappa shape index (κ2) is 40.3. The number of benzene rings is 6. The summed E-state index contributed by atoms with van der Waals surface area (Å²) in [5, 5.41) is 138. The van der Waals surface area contributed by atoms with Crippen molar-refractivity contribution in [3.63, 3.8) is 0 Å². The van der Waals surface area contributed by atoms with Crippen LogP contribution in [0.15, 0.2) is 114 Å². The lowest BCUT2D eigenvalue weighted by Gasteiger charge is -2.48. The van der Waals surface area contributed by atoms with Crippen LogP contribution in [0.25, 0.3) is 11.1 Å². The van der Waals surface area contributed by atoms with Crippen LogP contribution in [-0.2, 0) is 70.3 Å². The Bertz CT molecular complexity index is 5500. The van der Waals surface area contributed by atoms with Gasteiger partial charge in [-0.3, -0.25) is 53.1 Å². The van der Waals surface area contributed by atoms with Gasteiger partial charge in [-0.2, -0.15) is 10.2 Å². The Kier molecular flexibility index (Phi) is 29.9. The number of carbonyl (C=O) groups excluding carboxylic acids is 9. The number of likely N-dealkylation sites (N-methyl/N-ethyl adjacent to an activating group) is 1. The highest BCUT2D eigenvalue weighted by atomic mass is 35.5. The van der Waals surface area contributed by atoms with E-state index in [9.17, 15) is 79.6 Å². The summed E-state index contributed by atoms with van der Waals surface area (Å²) in [6.45, 7) is 5.30. The molecule has 676 valence electrons. The number of carbonyl (C=O) groups is 9. The van der Waals surface area contributed by atoms with E-state index in [1.807, 2.05) is 6.07 Å². The number of nitriles is 1. The highest BCUT2D eigenvalue weighted by molar-refractivity contribution is 6.32. The zero-order valence-corrected chi connectivity index (χ0v) is 70.4. The van der Waals surface area contributed by atoms with Crippen LogP contribution < -0.4 is 84.3 Å². The maximum Gasteiger partial charge on any atom is 0.349 e. The molecule has 6 aromatic carbocycles. The van der Waals surface area contributed by atoms with Crippen LogP contribution >= 0.6 is 34.8 Å². The Balaban J connectivity index is 0.998. The standard InChI is InChI=1S/C83H91Cl3FN15O25/c1-34(2)21-48(90-5)74(114)99-65-67(109)38-9-13-52(45(85)25-38)123-54-27-40-28-55(71(54)127-81-72(70(112)69(111)56(33-103)125-81)126-60-32-83(4,73(113)35(3)122-60)91-18-20-102-19-15-58(95-82(102)121)94-59(108)23-36-7-11-44(84)47(87)22-36)124-53-14-10-39(26-46(53)86)68(110)66-79(119)98-64(80(120)101-92-17-6-16-88)43-29-41(104)30-51(106)61(43)42-24-37(8-12-50(42)105)62(76(116)100-66)97-77(117)63(40)96-75(115)49(31-57(89)107)93-78(65)118/h7-15,19,22,24-30,34-35,48-49,56,60,62-70,72-73,81,90-92,103-106,109-113H,6,17-18,20-21,23,31-33H2,1-5H3,(H2,89,107)(H,93,118)(H,96,115)(H,97,117)(H,98,119)(H,99,114)(H,100,116)(H,101,120)(H,94,95,108,121)/t35?,48?,49?,56?,60?,62?,63?,64-,65?,66?,67?,68?,69?,70?,72?,73?,81?,83-/m1/s1. The van der Waals surface area contributed by atoms with Gasteiger partial charge in [0.25, 0.3) is 5.91 Å². The van der Waals surface area contributed by atoms with E-state index >= 15 is 24.0 Å². The lowest BCUT2D eigenvalue weighted by atomic mass is 9.85. The number of amides is 9. The molecule has 2 fully saturated rings. The smallest absolute Gasteiger partial charge is 0.349 e. The number of phenols is 3. The molecule has 8 heterocycles. The number of nitrogens with two attached hydrogens (primary N) is 1. The summed E-state index contributed by atoms with van der Waals surface area (Å²) in [5.74, 6) is -17.2. The van der Waals surface area contributed by atoms with Gasteiger partial charge in [0.1, 0.15) is 107 Å². The molecular weight excluding hydrogens is 1730 g/mol. The van der Waals surface area contributed by atoms with Crippen LogP contribution in [0.5, 0.6) is 46.0 Å². The number of aromatic hydroxyl groups is 3. The molecule has 44 heteroatoms. The topological polar surface area (TPSA) is 608 Å². The molecule has 14 rings (SSSR count). The first kappa shape index (κ1) is 94.2. The number of fused-ring (bicyclic) bond motifs is 15. The molecule has 18 atom stereocenters. The zero-order valence-electron chi connectivity index (χ0n) is 68.1.